The molecule has 0 saturated carbocycles. The van der Waals surface area contributed by atoms with Crippen molar-refractivity contribution in [3.63, 3.8) is 0 Å². The van der Waals surface area contributed by atoms with E-state index in [1.807, 2.05) is 37.3 Å². The van der Waals surface area contributed by atoms with Gasteiger partial charge in [0.15, 0.2) is 12.0 Å². The van der Waals surface area contributed by atoms with Gasteiger partial charge in [0.2, 0.25) is 11.7 Å². The maximum atomic E-state index is 12.2. The van der Waals surface area contributed by atoms with Crippen LogP contribution in [0.25, 0.3) is 22.4 Å². The standard InChI is InChI=1S/C20H14N2O5/c1-12-7-8-16-14(9-12)15(23)10-17(26-16)20(24)25-11-18-21-22-19(27-18)13-5-3-2-4-6-13/h2-10H,11H2,1H3. The Bertz CT molecular complexity index is 1180. The van der Waals surface area contributed by atoms with Gasteiger partial charge >= 0.3 is 5.97 Å². The number of rotatable bonds is 4. The average Bonchev–Trinajstić information content (AvgIpc) is 3.16. The van der Waals surface area contributed by atoms with Crippen molar-refractivity contribution in [2.45, 2.75) is 13.5 Å². The van der Waals surface area contributed by atoms with Crippen LogP contribution < -0.4 is 5.43 Å². The number of carbonyl (C=O) groups is 1. The van der Waals surface area contributed by atoms with Crippen LogP contribution in [-0.4, -0.2) is 16.2 Å². The number of fused-ring (bicyclic) bond motifs is 1. The zero-order valence-electron chi connectivity index (χ0n) is 14.3. The fourth-order valence-electron chi connectivity index (χ4n) is 2.58. The molecular weight excluding hydrogens is 348 g/mol. The van der Waals surface area contributed by atoms with Crippen molar-refractivity contribution in [1.29, 1.82) is 0 Å². The van der Waals surface area contributed by atoms with Crippen LogP contribution in [0.5, 0.6) is 0 Å². The van der Waals surface area contributed by atoms with Gasteiger partial charge in [0, 0.05) is 11.6 Å². The number of hydrogen-bond acceptors (Lipinski definition) is 7. The third-order valence-corrected chi connectivity index (χ3v) is 3.90. The highest BCUT2D eigenvalue weighted by atomic mass is 16.6. The quantitative estimate of drug-likeness (QED) is 0.513. The monoisotopic (exact) mass is 362 g/mol. The number of aromatic nitrogens is 2. The molecule has 0 spiro atoms. The second-order valence-electron chi connectivity index (χ2n) is 5.92. The Balaban J connectivity index is 1.50. The van der Waals surface area contributed by atoms with E-state index in [2.05, 4.69) is 10.2 Å². The Kier molecular flexibility index (Phi) is 4.25. The Morgan fingerprint density at radius 3 is 2.67 bits per heavy atom. The first-order valence-corrected chi connectivity index (χ1v) is 8.19. The Labute approximate surface area is 153 Å². The van der Waals surface area contributed by atoms with Gasteiger partial charge in [0.25, 0.3) is 5.89 Å². The molecule has 0 amide bonds. The van der Waals surface area contributed by atoms with Gasteiger partial charge in [-0.25, -0.2) is 4.79 Å². The second kappa shape index (κ2) is 6.87. The van der Waals surface area contributed by atoms with Crippen molar-refractivity contribution in [2.24, 2.45) is 0 Å². The predicted octanol–water partition coefficient (Wildman–Crippen LogP) is 3.51. The molecule has 0 radical (unpaired) electrons. The number of carbonyl (C=O) groups excluding carboxylic acids is 1. The van der Waals surface area contributed by atoms with Crippen molar-refractivity contribution in [2.75, 3.05) is 0 Å². The lowest BCUT2D eigenvalue weighted by Crippen LogP contribution is -2.10. The lowest BCUT2D eigenvalue weighted by molar-refractivity contribution is 0.0403. The van der Waals surface area contributed by atoms with Crippen LogP contribution in [0.1, 0.15) is 22.0 Å². The van der Waals surface area contributed by atoms with Gasteiger partial charge in [-0.1, -0.05) is 29.8 Å². The molecule has 2 heterocycles. The van der Waals surface area contributed by atoms with E-state index in [0.717, 1.165) is 17.2 Å². The number of nitrogens with zero attached hydrogens (tertiary/aromatic N) is 2. The van der Waals surface area contributed by atoms with Gasteiger partial charge in [0.1, 0.15) is 5.58 Å². The number of benzene rings is 2. The minimum absolute atomic E-state index is 0.140. The van der Waals surface area contributed by atoms with Crippen LogP contribution in [0.2, 0.25) is 0 Å². The topological polar surface area (TPSA) is 95.4 Å². The summed E-state index contributed by atoms with van der Waals surface area (Å²) in [5.74, 6) is -0.497. The van der Waals surface area contributed by atoms with Gasteiger partial charge < -0.3 is 13.6 Å². The van der Waals surface area contributed by atoms with Gasteiger partial charge in [-0.05, 0) is 31.2 Å². The van der Waals surface area contributed by atoms with Crippen molar-refractivity contribution in [3.05, 3.63) is 82.0 Å². The smallest absolute Gasteiger partial charge is 0.374 e. The van der Waals surface area contributed by atoms with E-state index in [0.29, 0.717) is 16.9 Å². The molecule has 7 nitrogen and oxygen atoms in total. The molecule has 0 aliphatic carbocycles. The first-order valence-electron chi connectivity index (χ1n) is 8.19. The summed E-state index contributed by atoms with van der Waals surface area (Å²) in [6, 6.07) is 15.5. The molecule has 4 rings (SSSR count). The molecule has 4 aromatic rings. The van der Waals surface area contributed by atoms with Crippen LogP contribution in [0.4, 0.5) is 0 Å². The van der Waals surface area contributed by atoms with E-state index in [-0.39, 0.29) is 23.7 Å². The number of hydrogen-bond donors (Lipinski definition) is 0. The molecule has 134 valence electrons. The highest BCUT2D eigenvalue weighted by molar-refractivity contribution is 5.89. The number of aryl methyl sites for hydroxylation is 1. The summed E-state index contributed by atoms with van der Waals surface area (Å²) in [5, 5.41) is 8.18. The molecule has 0 saturated heterocycles. The maximum absolute atomic E-state index is 12.2. The van der Waals surface area contributed by atoms with Crippen LogP contribution in [0.15, 0.2) is 68.2 Å². The van der Waals surface area contributed by atoms with Crippen LogP contribution in [0.3, 0.4) is 0 Å². The Hall–Kier alpha value is -3.74. The number of esters is 1. The molecule has 27 heavy (non-hydrogen) atoms. The van der Waals surface area contributed by atoms with E-state index in [1.165, 1.54) is 0 Å². The highest BCUT2D eigenvalue weighted by Crippen LogP contribution is 2.18. The summed E-state index contributed by atoms with van der Waals surface area (Å²) in [4.78, 5) is 24.4. The van der Waals surface area contributed by atoms with Gasteiger partial charge in [0.05, 0.1) is 5.39 Å². The first-order chi connectivity index (χ1) is 13.1. The second-order valence-corrected chi connectivity index (χ2v) is 5.92. The molecule has 0 N–H and O–H groups in total. The summed E-state index contributed by atoms with van der Waals surface area (Å²) in [5.41, 5.74) is 1.70. The predicted molar refractivity (Wildman–Crippen MR) is 96.1 cm³/mol. The molecule has 0 aliphatic rings. The van der Waals surface area contributed by atoms with Crippen molar-refractivity contribution in [3.8, 4) is 11.5 Å². The van der Waals surface area contributed by atoms with Crippen LogP contribution in [0, 0.1) is 6.92 Å². The first kappa shape index (κ1) is 16.7. The van der Waals surface area contributed by atoms with Gasteiger partial charge in [-0.15, -0.1) is 10.2 Å². The number of ether oxygens (including phenoxy) is 1. The third-order valence-electron chi connectivity index (χ3n) is 3.90. The fourth-order valence-corrected chi connectivity index (χ4v) is 2.58. The Morgan fingerprint density at radius 2 is 1.85 bits per heavy atom. The molecule has 2 aromatic carbocycles. The van der Waals surface area contributed by atoms with Crippen molar-refractivity contribution < 1.29 is 18.4 Å². The van der Waals surface area contributed by atoms with Crippen LogP contribution in [-0.2, 0) is 11.3 Å². The van der Waals surface area contributed by atoms with Crippen LogP contribution >= 0.6 is 0 Å². The molecule has 7 heteroatoms. The SMILES string of the molecule is Cc1ccc2oc(C(=O)OCc3nnc(-c4ccccc4)o3)cc(=O)c2c1. The molecular formula is C20H14N2O5. The zero-order valence-corrected chi connectivity index (χ0v) is 14.3. The average molecular weight is 362 g/mol. The lowest BCUT2D eigenvalue weighted by atomic mass is 10.1. The molecule has 2 aromatic heterocycles. The summed E-state index contributed by atoms with van der Waals surface area (Å²) >= 11 is 0. The third kappa shape index (κ3) is 3.48. The maximum Gasteiger partial charge on any atom is 0.374 e. The summed E-state index contributed by atoms with van der Waals surface area (Å²) in [6.45, 7) is 1.64. The van der Waals surface area contributed by atoms with Crippen molar-refractivity contribution in [1.82, 2.24) is 10.2 Å². The summed E-state index contributed by atoms with van der Waals surface area (Å²) in [6.07, 6.45) is 0. The largest absolute Gasteiger partial charge is 0.450 e. The molecule has 0 bridgehead atoms. The van der Waals surface area contributed by atoms with E-state index in [9.17, 15) is 9.59 Å². The normalized spacial score (nSPS) is 10.9. The molecule has 0 aliphatic heterocycles. The van der Waals surface area contributed by atoms with E-state index >= 15 is 0 Å². The Morgan fingerprint density at radius 1 is 1.04 bits per heavy atom. The van der Waals surface area contributed by atoms with Gasteiger partial charge in [-0.2, -0.15) is 0 Å². The zero-order chi connectivity index (χ0) is 18.8. The van der Waals surface area contributed by atoms with E-state index in [4.69, 9.17) is 13.6 Å². The fraction of sp³-hybridized carbons (Fsp3) is 0.100. The highest BCUT2D eigenvalue weighted by Gasteiger charge is 2.16. The lowest BCUT2D eigenvalue weighted by Gasteiger charge is -2.03. The van der Waals surface area contributed by atoms with Gasteiger partial charge in [-0.3, -0.25) is 4.79 Å². The van der Waals surface area contributed by atoms with Crippen molar-refractivity contribution >= 4 is 16.9 Å². The minimum Gasteiger partial charge on any atom is -0.450 e. The molecule has 0 fully saturated rings. The summed E-state index contributed by atoms with van der Waals surface area (Å²) < 4.78 is 16.1. The minimum atomic E-state index is -0.783. The summed E-state index contributed by atoms with van der Waals surface area (Å²) in [7, 11) is 0. The van der Waals surface area contributed by atoms with E-state index in [1.54, 1.807) is 18.2 Å². The van der Waals surface area contributed by atoms with E-state index < -0.39 is 5.97 Å². The molecule has 0 atom stereocenters. The molecule has 0 unspecified atom stereocenters.